The van der Waals surface area contributed by atoms with Crippen LogP contribution in [0.25, 0.3) is 0 Å². The van der Waals surface area contributed by atoms with Crippen LogP contribution >= 0.6 is 0 Å². The van der Waals surface area contributed by atoms with Crippen LogP contribution in [0, 0.1) is 5.92 Å². The van der Waals surface area contributed by atoms with Crippen molar-refractivity contribution in [1.82, 2.24) is 5.32 Å². The highest BCUT2D eigenvalue weighted by Gasteiger charge is 2.11. The number of amides is 1. The molecule has 82 valence electrons. The first-order valence-electron chi connectivity index (χ1n) is 4.53. The molecule has 0 heterocycles. The summed E-state index contributed by atoms with van der Waals surface area (Å²) in [7, 11) is 1.55. The molecule has 0 aliphatic carbocycles. The lowest BCUT2D eigenvalue weighted by Crippen LogP contribution is -2.28. The SMILES string of the molecule is COCCNC(=O)C[C@@H](C)CC(=O)O. The fourth-order valence-electron chi connectivity index (χ4n) is 1.05. The molecule has 1 atom stereocenters. The van der Waals surface area contributed by atoms with Crippen molar-refractivity contribution in [3.05, 3.63) is 0 Å². The van der Waals surface area contributed by atoms with Crippen LogP contribution < -0.4 is 5.32 Å². The molecule has 0 aromatic heterocycles. The molecule has 5 heteroatoms. The number of hydrogen-bond acceptors (Lipinski definition) is 3. The molecule has 0 aliphatic rings. The lowest BCUT2D eigenvalue weighted by atomic mass is 10.0. The van der Waals surface area contributed by atoms with Crippen LogP contribution in [0.1, 0.15) is 19.8 Å². The summed E-state index contributed by atoms with van der Waals surface area (Å²) in [4.78, 5) is 21.5. The summed E-state index contributed by atoms with van der Waals surface area (Å²) in [6.45, 7) is 2.68. The fraction of sp³-hybridized carbons (Fsp3) is 0.778. The maximum Gasteiger partial charge on any atom is 0.303 e. The molecular weight excluding hydrogens is 186 g/mol. The van der Waals surface area contributed by atoms with E-state index in [9.17, 15) is 9.59 Å². The van der Waals surface area contributed by atoms with Crippen molar-refractivity contribution in [2.45, 2.75) is 19.8 Å². The van der Waals surface area contributed by atoms with Gasteiger partial charge in [0, 0.05) is 26.5 Å². The Hall–Kier alpha value is -1.10. The zero-order valence-electron chi connectivity index (χ0n) is 8.58. The van der Waals surface area contributed by atoms with Crippen LogP contribution in [-0.2, 0) is 14.3 Å². The van der Waals surface area contributed by atoms with E-state index in [1.807, 2.05) is 0 Å². The van der Waals surface area contributed by atoms with E-state index in [1.54, 1.807) is 14.0 Å². The topological polar surface area (TPSA) is 75.6 Å². The van der Waals surface area contributed by atoms with Gasteiger partial charge in [-0.1, -0.05) is 6.92 Å². The summed E-state index contributed by atoms with van der Waals surface area (Å²) >= 11 is 0. The summed E-state index contributed by atoms with van der Waals surface area (Å²) in [6, 6.07) is 0. The van der Waals surface area contributed by atoms with Gasteiger partial charge in [-0.25, -0.2) is 0 Å². The first-order valence-corrected chi connectivity index (χ1v) is 4.53. The number of methoxy groups -OCH3 is 1. The molecular formula is C9H17NO4. The predicted molar refractivity (Wildman–Crippen MR) is 50.9 cm³/mol. The van der Waals surface area contributed by atoms with E-state index in [4.69, 9.17) is 9.84 Å². The second-order valence-electron chi connectivity index (χ2n) is 3.25. The quantitative estimate of drug-likeness (QED) is 0.581. The minimum atomic E-state index is -0.873. The Labute approximate surface area is 83.4 Å². The van der Waals surface area contributed by atoms with Gasteiger partial charge in [0.25, 0.3) is 0 Å². The molecule has 0 bridgehead atoms. The van der Waals surface area contributed by atoms with E-state index in [0.717, 1.165) is 0 Å². The third-order valence-electron chi connectivity index (χ3n) is 1.69. The average molecular weight is 203 g/mol. The number of carboxylic acids is 1. The lowest BCUT2D eigenvalue weighted by Gasteiger charge is -2.08. The maximum absolute atomic E-state index is 11.2. The lowest BCUT2D eigenvalue weighted by molar-refractivity contribution is -0.138. The Bertz CT molecular complexity index is 193. The van der Waals surface area contributed by atoms with Gasteiger partial charge < -0.3 is 15.2 Å². The third kappa shape index (κ3) is 7.54. The minimum absolute atomic E-state index is 0.0255. The van der Waals surface area contributed by atoms with Gasteiger partial charge in [-0.15, -0.1) is 0 Å². The normalized spacial score (nSPS) is 12.1. The molecule has 0 radical (unpaired) electrons. The van der Waals surface area contributed by atoms with Crippen molar-refractivity contribution >= 4 is 11.9 Å². The monoisotopic (exact) mass is 203 g/mol. The number of carbonyl (C=O) groups is 2. The van der Waals surface area contributed by atoms with Crippen LogP contribution in [0.3, 0.4) is 0 Å². The molecule has 0 aromatic rings. The minimum Gasteiger partial charge on any atom is -0.481 e. The molecule has 0 aliphatic heterocycles. The Morgan fingerprint density at radius 3 is 2.57 bits per heavy atom. The molecule has 0 aromatic carbocycles. The van der Waals surface area contributed by atoms with Crippen molar-refractivity contribution in [3.8, 4) is 0 Å². The first kappa shape index (κ1) is 12.9. The molecule has 0 fully saturated rings. The van der Waals surface area contributed by atoms with Gasteiger partial charge in [-0.2, -0.15) is 0 Å². The number of aliphatic carboxylic acids is 1. The van der Waals surface area contributed by atoms with Crippen LogP contribution in [0.2, 0.25) is 0 Å². The van der Waals surface area contributed by atoms with Crippen LogP contribution in [-0.4, -0.2) is 37.2 Å². The summed E-state index contributed by atoms with van der Waals surface area (Å²) in [5.41, 5.74) is 0. The summed E-state index contributed by atoms with van der Waals surface area (Å²) in [6.07, 6.45) is 0.272. The summed E-state index contributed by atoms with van der Waals surface area (Å²) in [5, 5.41) is 11.1. The van der Waals surface area contributed by atoms with Crippen LogP contribution in [0.4, 0.5) is 0 Å². The van der Waals surface area contributed by atoms with Crippen molar-refractivity contribution in [1.29, 1.82) is 0 Å². The van der Waals surface area contributed by atoms with E-state index < -0.39 is 5.97 Å². The first-order chi connectivity index (χ1) is 6.56. The zero-order valence-corrected chi connectivity index (χ0v) is 8.58. The largest absolute Gasteiger partial charge is 0.481 e. The Kier molecular flexibility index (Phi) is 6.74. The number of carboxylic acid groups (broad SMARTS) is 1. The van der Waals surface area contributed by atoms with Crippen molar-refractivity contribution in [2.24, 2.45) is 5.92 Å². The maximum atomic E-state index is 11.2. The van der Waals surface area contributed by atoms with E-state index in [0.29, 0.717) is 13.2 Å². The van der Waals surface area contributed by atoms with Crippen molar-refractivity contribution < 1.29 is 19.4 Å². The molecule has 0 rings (SSSR count). The van der Waals surface area contributed by atoms with Gasteiger partial charge >= 0.3 is 5.97 Å². The zero-order chi connectivity index (χ0) is 11.0. The van der Waals surface area contributed by atoms with E-state index in [1.165, 1.54) is 0 Å². The summed E-state index contributed by atoms with van der Waals surface area (Å²) in [5.74, 6) is -1.13. The highest BCUT2D eigenvalue weighted by molar-refractivity contribution is 5.77. The van der Waals surface area contributed by atoms with Gasteiger partial charge in [0.05, 0.1) is 6.61 Å². The van der Waals surface area contributed by atoms with Gasteiger partial charge in [-0.05, 0) is 5.92 Å². The number of rotatable bonds is 7. The highest BCUT2D eigenvalue weighted by Crippen LogP contribution is 2.06. The standard InChI is InChI=1S/C9H17NO4/c1-7(6-9(12)13)5-8(11)10-3-4-14-2/h7H,3-6H2,1-2H3,(H,10,11)(H,12,13)/t7-/m1/s1. The molecule has 2 N–H and O–H groups in total. The van der Waals surface area contributed by atoms with Gasteiger partial charge in [0.15, 0.2) is 0 Å². The Morgan fingerprint density at radius 1 is 1.43 bits per heavy atom. The molecule has 1 amide bonds. The van der Waals surface area contributed by atoms with E-state index >= 15 is 0 Å². The number of carbonyl (C=O) groups excluding carboxylic acids is 1. The second kappa shape index (κ2) is 7.32. The van der Waals surface area contributed by atoms with Gasteiger partial charge in [0.1, 0.15) is 0 Å². The third-order valence-corrected chi connectivity index (χ3v) is 1.69. The molecule has 0 spiro atoms. The molecule has 0 saturated carbocycles. The highest BCUT2D eigenvalue weighted by atomic mass is 16.5. The number of hydrogen-bond donors (Lipinski definition) is 2. The van der Waals surface area contributed by atoms with Gasteiger partial charge in [0.2, 0.25) is 5.91 Å². The van der Waals surface area contributed by atoms with Gasteiger partial charge in [-0.3, -0.25) is 9.59 Å². The fourth-order valence-corrected chi connectivity index (χ4v) is 1.05. The van der Waals surface area contributed by atoms with Crippen LogP contribution in [0.15, 0.2) is 0 Å². The second-order valence-corrected chi connectivity index (χ2v) is 3.25. The molecule has 14 heavy (non-hydrogen) atoms. The molecule has 0 unspecified atom stereocenters. The number of nitrogens with one attached hydrogen (secondary N) is 1. The molecule has 5 nitrogen and oxygen atoms in total. The molecule has 0 saturated heterocycles. The van der Waals surface area contributed by atoms with Crippen molar-refractivity contribution in [3.63, 3.8) is 0 Å². The average Bonchev–Trinajstić information content (AvgIpc) is 2.02. The van der Waals surface area contributed by atoms with E-state index in [-0.39, 0.29) is 24.7 Å². The van der Waals surface area contributed by atoms with Crippen molar-refractivity contribution in [2.75, 3.05) is 20.3 Å². The smallest absolute Gasteiger partial charge is 0.303 e. The van der Waals surface area contributed by atoms with Crippen LogP contribution in [0.5, 0.6) is 0 Å². The summed E-state index contributed by atoms with van der Waals surface area (Å²) < 4.78 is 4.75. The Morgan fingerprint density at radius 2 is 2.07 bits per heavy atom. The van der Waals surface area contributed by atoms with E-state index in [2.05, 4.69) is 5.32 Å². The Balaban J connectivity index is 3.55. The predicted octanol–water partition coefficient (Wildman–Crippen LogP) is 0.250. The number of ether oxygens (including phenoxy) is 1.